The van der Waals surface area contributed by atoms with Gasteiger partial charge in [0.15, 0.2) is 11.2 Å². The Hall–Kier alpha value is -1.73. The van der Waals surface area contributed by atoms with Crippen LogP contribution in [0.25, 0.3) is 0 Å². The van der Waals surface area contributed by atoms with E-state index in [0.717, 1.165) is 6.07 Å². The van der Waals surface area contributed by atoms with Crippen LogP contribution < -0.4 is 15.2 Å². The van der Waals surface area contributed by atoms with Crippen LogP contribution in [0.3, 0.4) is 0 Å². The van der Waals surface area contributed by atoms with Crippen LogP contribution in [-0.4, -0.2) is 34.6 Å². The van der Waals surface area contributed by atoms with Crippen LogP contribution in [0.15, 0.2) is 18.2 Å². The number of rotatable bonds is 5. The summed E-state index contributed by atoms with van der Waals surface area (Å²) in [6, 6.07) is 2.29. The van der Waals surface area contributed by atoms with E-state index in [9.17, 15) is 39.7 Å². The minimum Gasteiger partial charge on any atom is -0.353 e. The van der Waals surface area contributed by atoms with Crippen molar-refractivity contribution in [2.24, 2.45) is 17.0 Å². The normalized spacial score (nSPS) is 30.2. The predicted octanol–water partition coefficient (Wildman–Crippen LogP) is 3.81. The molecule has 5 nitrogen and oxygen atoms in total. The van der Waals surface area contributed by atoms with Gasteiger partial charge in [-0.1, -0.05) is 18.2 Å². The summed E-state index contributed by atoms with van der Waals surface area (Å²) in [6.07, 6.45) is -9.44. The van der Waals surface area contributed by atoms with Gasteiger partial charge in [0.05, 0.1) is 0 Å². The molecule has 0 saturated heterocycles. The Labute approximate surface area is 193 Å². The standard InChI is InChI=1S/C21H24F7N3O2S/c22-19(20(23,24)25,21(26,27)28)11-2-4-14-10(7-11)1-3-16-15(14)5-6-17(16)18(32)30-12-8-13(9-12)31-34(29)33/h2,4,7,12-13,15-17,31H,1,3,5-6,8-9,29H2,(H,30,32)/t12?,13?,15?,16?,17-,34?/m1/s1. The number of hydrogen-bond acceptors (Lipinski definition) is 2. The molecule has 3 unspecified atom stereocenters. The number of alkyl halides is 7. The molecule has 0 radical (unpaired) electrons. The molecule has 4 atom stereocenters. The number of hydrogen-bond donors (Lipinski definition) is 3. The average molecular weight is 515 g/mol. The molecule has 1 amide bonds. The average Bonchev–Trinajstić information content (AvgIpc) is 3.13. The molecule has 4 N–H and O–H groups in total. The summed E-state index contributed by atoms with van der Waals surface area (Å²) in [7, 11) is 0. The highest BCUT2D eigenvalue weighted by molar-refractivity contribution is 7.80. The number of carbonyl (C=O) groups is 1. The Balaban J connectivity index is 1.47. The lowest BCUT2D eigenvalue weighted by atomic mass is 9.73. The summed E-state index contributed by atoms with van der Waals surface area (Å²) in [5.74, 6) is -0.736. The van der Waals surface area contributed by atoms with Gasteiger partial charge in [-0.15, -0.1) is 0 Å². The lowest BCUT2D eigenvalue weighted by Gasteiger charge is -2.37. The topological polar surface area (TPSA) is 84.2 Å². The van der Waals surface area contributed by atoms with Crippen LogP contribution >= 0.6 is 0 Å². The van der Waals surface area contributed by atoms with Crippen LogP contribution in [0.4, 0.5) is 30.7 Å². The minimum absolute atomic E-state index is 0.0424. The van der Waals surface area contributed by atoms with E-state index in [2.05, 4.69) is 10.0 Å². The van der Waals surface area contributed by atoms with Crippen molar-refractivity contribution in [1.82, 2.24) is 10.0 Å². The zero-order valence-electron chi connectivity index (χ0n) is 17.8. The largest absolute Gasteiger partial charge is 0.435 e. The third kappa shape index (κ3) is 4.34. The first-order valence-electron chi connectivity index (χ1n) is 10.9. The Morgan fingerprint density at radius 1 is 0.971 bits per heavy atom. The van der Waals surface area contributed by atoms with E-state index in [1.165, 1.54) is 0 Å². The number of benzene rings is 1. The van der Waals surface area contributed by atoms with E-state index in [-0.39, 0.29) is 47.7 Å². The number of carbonyl (C=O) groups excluding carboxylic acids is 1. The van der Waals surface area contributed by atoms with Crippen molar-refractivity contribution in [2.75, 3.05) is 0 Å². The van der Waals surface area contributed by atoms with Gasteiger partial charge in [-0.2, -0.15) is 26.3 Å². The van der Waals surface area contributed by atoms with E-state index in [4.69, 9.17) is 5.14 Å². The molecule has 0 bridgehead atoms. The molecule has 13 heteroatoms. The maximum absolute atomic E-state index is 14.5. The van der Waals surface area contributed by atoms with Crippen molar-refractivity contribution in [3.63, 3.8) is 0 Å². The zero-order chi connectivity index (χ0) is 25.1. The summed E-state index contributed by atoms with van der Waals surface area (Å²) >= 11 is -1.63. The second kappa shape index (κ2) is 8.74. The van der Waals surface area contributed by atoms with Crippen LogP contribution in [0, 0.1) is 11.8 Å². The smallest absolute Gasteiger partial charge is 0.353 e. The fraction of sp³-hybridized carbons (Fsp3) is 0.667. The second-order valence-electron chi connectivity index (χ2n) is 9.35. The van der Waals surface area contributed by atoms with Crippen LogP contribution in [0.1, 0.15) is 54.7 Å². The van der Waals surface area contributed by atoms with Crippen molar-refractivity contribution in [2.45, 2.75) is 74.5 Å². The van der Waals surface area contributed by atoms with Gasteiger partial charge in [0.1, 0.15) is 0 Å². The lowest BCUT2D eigenvalue weighted by Crippen LogP contribution is -2.54. The highest BCUT2D eigenvalue weighted by atomic mass is 32.2. The van der Waals surface area contributed by atoms with Gasteiger partial charge in [0.25, 0.3) is 0 Å². The molecule has 3 aliphatic carbocycles. The lowest BCUT2D eigenvalue weighted by molar-refractivity contribution is -0.348. The molecule has 1 aromatic carbocycles. The summed E-state index contributed by atoms with van der Waals surface area (Å²) in [6.45, 7) is 0. The maximum Gasteiger partial charge on any atom is 0.435 e. The maximum atomic E-state index is 14.5. The molecule has 34 heavy (non-hydrogen) atoms. The van der Waals surface area contributed by atoms with Crippen molar-refractivity contribution in [3.8, 4) is 0 Å². The number of aryl methyl sites for hydroxylation is 1. The quantitative estimate of drug-likeness (QED) is 0.522. The number of amides is 1. The molecule has 1 aromatic rings. The third-order valence-corrected chi connectivity index (χ3v) is 7.96. The monoisotopic (exact) mass is 515 g/mol. The van der Waals surface area contributed by atoms with Gasteiger partial charge < -0.3 is 5.32 Å². The Kier molecular flexibility index (Phi) is 6.52. The van der Waals surface area contributed by atoms with Crippen molar-refractivity contribution in [1.29, 1.82) is 0 Å². The molecule has 0 spiro atoms. The highest BCUT2D eigenvalue weighted by Gasteiger charge is 2.73. The first-order chi connectivity index (χ1) is 15.7. The molecule has 0 aliphatic heterocycles. The van der Waals surface area contributed by atoms with Gasteiger partial charge >= 0.3 is 18.0 Å². The fourth-order valence-electron chi connectivity index (χ4n) is 5.69. The summed E-state index contributed by atoms with van der Waals surface area (Å²) in [4.78, 5) is 12.8. The second-order valence-corrected chi connectivity index (χ2v) is 10.2. The number of fused-ring (bicyclic) bond motifs is 3. The highest BCUT2D eigenvalue weighted by Crippen LogP contribution is 2.55. The first kappa shape index (κ1) is 25.4. The van der Waals surface area contributed by atoms with Crippen LogP contribution in [-0.2, 0) is 28.1 Å². The van der Waals surface area contributed by atoms with Gasteiger partial charge in [0.2, 0.25) is 5.91 Å². The molecule has 0 heterocycles. The van der Waals surface area contributed by atoms with Gasteiger partial charge in [-0.3, -0.25) is 4.79 Å². The van der Waals surface area contributed by atoms with E-state index in [1.807, 2.05) is 0 Å². The molecule has 2 fully saturated rings. The summed E-state index contributed by atoms with van der Waals surface area (Å²) in [5, 5.41) is 8.14. The molecular weight excluding hydrogens is 491 g/mol. The molecule has 3 aliphatic rings. The molecule has 2 saturated carbocycles. The molecular formula is C21H24F7N3O2S. The van der Waals surface area contributed by atoms with Crippen LogP contribution in [0.2, 0.25) is 0 Å². The van der Waals surface area contributed by atoms with E-state index < -0.39 is 34.8 Å². The van der Waals surface area contributed by atoms with E-state index in [1.54, 1.807) is 0 Å². The molecule has 4 rings (SSSR count). The number of nitrogens with one attached hydrogen (secondary N) is 2. The van der Waals surface area contributed by atoms with Crippen LogP contribution in [0.5, 0.6) is 0 Å². The van der Waals surface area contributed by atoms with Gasteiger partial charge in [-0.05, 0) is 61.5 Å². The Bertz CT molecular complexity index is 964. The number of nitrogens with two attached hydrogens (primary N) is 1. The zero-order valence-corrected chi connectivity index (χ0v) is 18.6. The van der Waals surface area contributed by atoms with E-state index in [0.29, 0.717) is 49.8 Å². The molecule has 0 aromatic heterocycles. The summed E-state index contributed by atoms with van der Waals surface area (Å²) < 4.78 is 107. The SMILES string of the molecule is NS(=O)NC1CC(NC(=O)[C@@H]2CCC3c4ccc(C(F)(C(F)(F)F)C(F)(F)F)cc4CCC32)C1. The minimum atomic E-state index is -6.15. The van der Waals surface area contributed by atoms with Gasteiger partial charge in [0, 0.05) is 23.6 Å². The van der Waals surface area contributed by atoms with E-state index >= 15 is 0 Å². The fourth-order valence-corrected chi connectivity index (χ4v) is 6.22. The van der Waals surface area contributed by atoms with Crippen molar-refractivity contribution < 1.29 is 39.7 Å². The Morgan fingerprint density at radius 2 is 1.62 bits per heavy atom. The first-order valence-corrected chi connectivity index (χ1v) is 12.1. The Morgan fingerprint density at radius 3 is 2.21 bits per heavy atom. The number of halogens is 7. The van der Waals surface area contributed by atoms with Gasteiger partial charge in [-0.25, -0.2) is 18.5 Å². The summed E-state index contributed by atoms with van der Waals surface area (Å²) in [5.41, 5.74) is -6.07. The predicted molar refractivity (Wildman–Crippen MR) is 109 cm³/mol. The molecule has 190 valence electrons. The third-order valence-electron chi connectivity index (χ3n) is 7.39. The van der Waals surface area contributed by atoms with Crippen molar-refractivity contribution in [3.05, 3.63) is 34.9 Å². The van der Waals surface area contributed by atoms with Crippen molar-refractivity contribution >= 4 is 17.1 Å².